The molecule has 26 heavy (non-hydrogen) atoms. The number of hydrogen-bond donors (Lipinski definition) is 4. The van der Waals surface area contributed by atoms with Crippen LogP contribution >= 0.6 is 0 Å². The van der Waals surface area contributed by atoms with Gasteiger partial charge in [0.05, 0.1) is 22.3 Å². The van der Waals surface area contributed by atoms with Crippen molar-refractivity contribution in [2.75, 3.05) is 5.32 Å². The van der Waals surface area contributed by atoms with Gasteiger partial charge in [0.25, 0.3) is 0 Å². The van der Waals surface area contributed by atoms with Crippen LogP contribution in [0.2, 0.25) is 0 Å². The zero-order valence-electron chi connectivity index (χ0n) is 13.4. The highest BCUT2D eigenvalue weighted by molar-refractivity contribution is 7.89. The van der Waals surface area contributed by atoms with E-state index in [2.05, 4.69) is 20.6 Å². The average Bonchev–Trinajstić information content (AvgIpc) is 3.07. The van der Waals surface area contributed by atoms with Crippen LogP contribution in [-0.4, -0.2) is 30.2 Å². The summed E-state index contributed by atoms with van der Waals surface area (Å²) < 4.78 is 22.4. The molecule has 0 bridgehead atoms. The first-order valence-electron chi connectivity index (χ1n) is 7.47. The van der Waals surface area contributed by atoms with E-state index in [9.17, 15) is 18.0 Å². The van der Waals surface area contributed by atoms with Gasteiger partial charge < -0.3 is 15.6 Å². The van der Waals surface area contributed by atoms with Crippen molar-refractivity contribution in [1.82, 2.24) is 15.3 Å². The molecule has 10 heteroatoms. The number of imidazole rings is 1. The van der Waals surface area contributed by atoms with Gasteiger partial charge in [-0.25, -0.2) is 18.5 Å². The zero-order valence-corrected chi connectivity index (χ0v) is 14.2. The van der Waals surface area contributed by atoms with Crippen molar-refractivity contribution >= 4 is 38.6 Å². The molecule has 0 aliphatic rings. The number of carbonyl (C=O) groups is 2. The molecule has 1 heterocycles. The van der Waals surface area contributed by atoms with Crippen molar-refractivity contribution < 1.29 is 18.0 Å². The van der Waals surface area contributed by atoms with Gasteiger partial charge in [-0.05, 0) is 35.9 Å². The lowest BCUT2D eigenvalue weighted by Crippen LogP contribution is -2.34. The molecule has 5 N–H and O–H groups in total. The molecule has 0 unspecified atom stereocenters. The van der Waals surface area contributed by atoms with Crippen molar-refractivity contribution in [3.8, 4) is 0 Å². The van der Waals surface area contributed by atoms with Crippen LogP contribution in [0.5, 0.6) is 0 Å². The van der Waals surface area contributed by atoms with Crippen LogP contribution in [0.1, 0.15) is 5.56 Å². The minimum atomic E-state index is -3.77. The maximum Gasteiger partial charge on any atom is 0.313 e. The summed E-state index contributed by atoms with van der Waals surface area (Å²) in [7, 11) is -3.77. The number of fused-ring (bicyclic) bond motifs is 1. The fourth-order valence-electron chi connectivity index (χ4n) is 2.26. The lowest BCUT2D eigenvalue weighted by molar-refractivity contribution is -0.136. The summed E-state index contributed by atoms with van der Waals surface area (Å²) in [6, 6.07) is 10.7. The van der Waals surface area contributed by atoms with Crippen molar-refractivity contribution in [1.29, 1.82) is 0 Å². The Morgan fingerprint density at radius 2 is 1.81 bits per heavy atom. The maximum absolute atomic E-state index is 11.9. The smallest absolute Gasteiger partial charge is 0.313 e. The summed E-state index contributed by atoms with van der Waals surface area (Å²) in [5.74, 6) is -1.63. The molecule has 2 aromatic carbocycles. The Morgan fingerprint density at radius 3 is 2.50 bits per heavy atom. The highest BCUT2D eigenvalue weighted by Gasteiger charge is 2.14. The van der Waals surface area contributed by atoms with Crippen LogP contribution in [0.4, 0.5) is 5.69 Å². The van der Waals surface area contributed by atoms with E-state index in [1.165, 1.54) is 30.6 Å². The highest BCUT2D eigenvalue weighted by atomic mass is 32.2. The van der Waals surface area contributed by atoms with Crippen LogP contribution in [0, 0.1) is 0 Å². The summed E-state index contributed by atoms with van der Waals surface area (Å²) in [6.07, 6.45) is 1.53. The van der Waals surface area contributed by atoms with E-state index in [1.54, 1.807) is 18.2 Å². The fourth-order valence-corrected chi connectivity index (χ4v) is 2.78. The molecule has 0 fully saturated rings. The molecule has 3 aromatic rings. The number of primary sulfonamides is 1. The summed E-state index contributed by atoms with van der Waals surface area (Å²) in [5.41, 5.74) is 2.56. The molecule has 0 aliphatic heterocycles. The number of amides is 2. The Kier molecular flexibility index (Phi) is 4.69. The number of sulfonamides is 1. The van der Waals surface area contributed by atoms with Crippen LogP contribution in [0.3, 0.4) is 0 Å². The van der Waals surface area contributed by atoms with Gasteiger partial charge in [0, 0.05) is 12.2 Å². The van der Waals surface area contributed by atoms with Gasteiger partial charge in [-0.1, -0.05) is 12.1 Å². The second-order valence-electron chi connectivity index (χ2n) is 5.46. The van der Waals surface area contributed by atoms with Crippen LogP contribution in [-0.2, 0) is 26.2 Å². The van der Waals surface area contributed by atoms with E-state index in [-0.39, 0.29) is 11.4 Å². The van der Waals surface area contributed by atoms with Crippen molar-refractivity contribution in [3.63, 3.8) is 0 Å². The first kappa shape index (κ1) is 17.6. The zero-order chi connectivity index (χ0) is 18.7. The van der Waals surface area contributed by atoms with Crippen molar-refractivity contribution in [2.24, 2.45) is 5.14 Å². The largest absolute Gasteiger partial charge is 0.345 e. The van der Waals surface area contributed by atoms with Gasteiger partial charge in [0.1, 0.15) is 0 Å². The summed E-state index contributed by atoms with van der Waals surface area (Å²) in [4.78, 5) is 30.8. The number of aromatic nitrogens is 2. The third-order valence-corrected chi connectivity index (χ3v) is 4.52. The lowest BCUT2D eigenvalue weighted by atomic mass is 10.2. The Morgan fingerprint density at radius 1 is 1.08 bits per heavy atom. The monoisotopic (exact) mass is 373 g/mol. The molecule has 134 valence electrons. The van der Waals surface area contributed by atoms with Gasteiger partial charge in [-0.2, -0.15) is 0 Å². The second-order valence-corrected chi connectivity index (χ2v) is 7.02. The van der Waals surface area contributed by atoms with Crippen molar-refractivity contribution in [3.05, 3.63) is 54.4 Å². The molecule has 0 saturated heterocycles. The van der Waals surface area contributed by atoms with E-state index in [1.807, 2.05) is 0 Å². The highest BCUT2D eigenvalue weighted by Crippen LogP contribution is 2.15. The molecule has 0 spiro atoms. The van der Waals surface area contributed by atoms with E-state index >= 15 is 0 Å². The minimum Gasteiger partial charge on any atom is -0.345 e. The maximum atomic E-state index is 11.9. The fraction of sp³-hybridized carbons (Fsp3) is 0.0625. The number of nitrogens with two attached hydrogens (primary N) is 1. The SMILES string of the molecule is NS(=O)(=O)c1ccc(CNC(=O)C(=O)Nc2ccc3nc[nH]c3c2)cc1. The number of anilines is 1. The average molecular weight is 373 g/mol. The topological polar surface area (TPSA) is 147 Å². The molecule has 0 radical (unpaired) electrons. The first-order chi connectivity index (χ1) is 12.3. The van der Waals surface area contributed by atoms with Crippen LogP contribution < -0.4 is 15.8 Å². The minimum absolute atomic E-state index is 0.0282. The first-order valence-corrected chi connectivity index (χ1v) is 9.01. The van der Waals surface area contributed by atoms with Gasteiger partial charge in [0.2, 0.25) is 10.0 Å². The van der Waals surface area contributed by atoms with E-state index in [0.29, 0.717) is 11.3 Å². The van der Waals surface area contributed by atoms with E-state index < -0.39 is 21.8 Å². The van der Waals surface area contributed by atoms with E-state index in [4.69, 9.17) is 5.14 Å². The Labute approximate surface area is 148 Å². The Bertz CT molecular complexity index is 1070. The Balaban J connectivity index is 1.58. The number of benzene rings is 2. The molecular weight excluding hydrogens is 358 g/mol. The third-order valence-electron chi connectivity index (χ3n) is 3.59. The van der Waals surface area contributed by atoms with Gasteiger partial charge in [-0.15, -0.1) is 0 Å². The molecule has 0 atom stereocenters. The molecular formula is C16H15N5O4S. The Hall–Kier alpha value is -3.24. The predicted molar refractivity (Wildman–Crippen MR) is 94.4 cm³/mol. The number of nitrogens with zero attached hydrogens (tertiary/aromatic N) is 1. The molecule has 2 amide bonds. The summed E-state index contributed by atoms with van der Waals surface area (Å²) >= 11 is 0. The lowest BCUT2D eigenvalue weighted by Gasteiger charge is -2.07. The van der Waals surface area contributed by atoms with Gasteiger partial charge >= 0.3 is 11.8 Å². The number of rotatable bonds is 4. The van der Waals surface area contributed by atoms with Crippen LogP contribution in [0.15, 0.2) is 53.7 Å². The van der Waals surface area contributed by atoms with Gasteiger partial charge in [0.15, 0.2) is 0 Å². The summed E-state index contributed by atoms with van der Waals surface area (Å²) in [6.45, 7) is 0.0662. The van der Waals surface area contributed by atoms with Gasteiger partial charge in [-0.3, -0.25) is 9.59 Å². The number of carbonyl (C=O) groups excluding carboxylic acids is 2. The molecule has 3 rings (SSSR count). The second kappa shape index (κ2) is 6.94. The standard InChI is InChI=1S/C16H15N5O4S/c17-26(24,25)12-4-1-10(2-5-12)8-18-15(22)16(23)21-11-3-6-13-14(7-11)20-9-19-13/h1-7,9H,8H2,(H,18,22)(H,19,20)(H,21,23)(H2,17,24,25). The number of H-pyrrole nitrogens is 1. The normalized spacial score (nSPS) is 11.3. The molecule has 1 aromatic heterocycles. The number of hydrogen-bond acceptors (Lipinski definition) is 5. The number of nitrogens with one attached hydrogen (secondary N) is 3. The quantitative estimate of drug-likeness (QED) is 0.491. The van der Waals surface area contributed by atoms with E-state index in [0.717, 1.165) is 11.0 Å². The molecule has 9 nitrogen and oxygen atoms in total. The van der Waals surface area contributed by atoms with Crippen molar-refractivity contribution in [2.45, 2.75) is 11.4 Å². The molecule has 0 aliphatic carbocycles. The van der Waals surface area contributed by atoms with Crippen LogP contribution in [0.25, 0.3) is 11.0 Å². The molecule has 0 saturated carbocycles. The predicted octanol–water partition coefficient (Wildman–Crippen LogP) is 0.465. The third kappa shape index (κ3) is 4.05. The summed E-state index contributed by atoms with van der Waals surface area (Å²) in [5, 5.41) is 9.97. The number of aromatic amines is 1.